The van der Waals surface area contributed by atoms with Crippen molar-refractivity contribution >= 4 is 12.4 Å². The Morgan fingerprint density at radius 1 is 1.12 bits per heavy atom. The fourth-order valence-corrected chi connectivity index (χ4v) is 2.17. The van der Waals surface area contributed by atoms with Gasteiger partial charge in [-0.1, -0.05) is 0 Å². The lowest BCUT2D eigenvalue weighted by Gasteiger charge is -2.25. The van der Waals surface area contributed by atoms with Crippen LogP contribution in [0.5, 0.6) is 17.2 Å². The number of amides is 1. The highest BCUT2D eigenvalue weighted by Crippen LogP contribution is 2.39. The van der Waals surface area contributed by atoms with E-state index in [1.165, 1.54) is 21.3 Å². The van der Waals surface area contributed by atoms with Crippen molar-refractivity contribution in [2.75, 3.05) is 21.3 Å². The van der Waals surface area contributed by atoms with Crippen LogP contribution in [0.4, 0.5) is 4.79 Å². The number of hydrogen-bond acceptors (Lipinski definition) is 6. The van der Waals surface area contributed by atoms with Crippen LogP contribution >= 0.6 is 0 Å². The largest absolute Gasteiger partial charge is 0.496 e. The fraction of sp³-hybridized carbons (Fsp3) is 0.529. The lowest BCUT2D eigenvalue weighted by Crippen LogP contribution is -2.35. The van der Waals surface area contributed by atoms with Crippen LogP contribution in [0.2, 0.25) is 0 Å². The molecule has 0 saturated carbocycles. The third-order valence-corrected chi connectivity index (χ3v) is 3.12. The summed E-state index contributed by atoms with van der Waals surface area (Å²) in [6.07, 6.45) is 0.123. The Bertz CT molecular complexity index is 554. The van der Waals surface area contributed by atoms with Crippen LogP contribution in [0.15, 0.2) is 12.1 Å². The molecule has 1 amide bonds. The van der Waals surface area contributed by atoms with Gasteiger partial charge in [0.15, 0.2) is 0 Å². The first-order valence-electron chi connectivity index (χ1n) is 7.48. The number of carbonyl (C=O) groups is 2. The molecule has 0 radical (unpaired) electrons. The molecule has 0 aliphatic carbocycles. The number of aldehydes is 1. The van der Waals surface area contributed by atoms with Gasteiger partial charge in [0.1, 0.15) is 29.1 Å². The Morgan fingerprint density at radius 2 is 1.67 bits per heavy atom. The number of nitrogens with one attached hydrogen (secondary N) is 1. The zero-order chi connectivity index (χ0) is 18.3. The highest BCUT2D eigenvalue weighted by atomic mass is 16.6. The Morgan fingerprint density at radius 3 is 2.04 bits per heavy atom. The van der Waals surface area contributed by atoms with E-state index >= 15 is 0 Å². The predicted molar refractivity (Wildman–Crippen MR) is 88.9 cm³/mol. The monoisotopic (exact) mass is 339 g/mol. The van der Waals surface area contributed by atoms with E-state index in [2.05, 4.69) is 5.32 Å². The predicted octanol–water partition coefficient (Wildman–Crippen LogP) is 2.87. The molecule has 1 aromatic rings. The molecule has 0 bridgehead atoms. The summed E-state index contributed by atoms with van der Waals surface area (Å²) in [4.78, 5) is 23.2. The zero-order valence-electron chi connectivity index (χ0n) is 15.0. The summed E-state index contributed by atoms with van der Waals surface area (Å²) in [7, 11) is 4.50. The zero-order valence-corrected chi connectivity index (χ0v) is 15.0. The van der Waals surface area contributed by atoms with Crippen molar-refractivity contribution in [1.29, 1.82) is 0 Å². The lowest BCUT2D eigenvalue weighted by atomic mass is 10.0. The Labute approximate surface area is 142 Å². The number of ether oxygens (including phenoxy) is 4. The smallest absolute Gasteiger partial charge is 0.408 e. The van der Waals surface area contributed by atoms with Gasteiger partial charge in [-0.05, 0) is 20.8 Å². The Kier molecular flexibility index (Phi) is 6.88. The van der Waals surface area contributed by atoms with Gasteiger partial charge in [-0.15, -0.1) is 0 Å². The van der Waals surface area contributed by atoms with Crippen molar-refractivity contribution in [1.82, 2.24) is 5.32 Å². The van der Waals surface area contributed by atoms with Crippen molar-refractivity contribution in [3.05, 3.63) is 17.7 Å². The molecule has 0 aliphatic heterocycles. The maximum absolute atomic E-state index is 12.1. The second kappa shape index (κ2) is 8.42. The molecule has 0 aliphatic rings. The summed E-state index contributed by atoms with van der Waals surface area (Å²) in [5.41, 5.74) is -0.108. The molecule has 1 rings (SSSR count). The van der Waals surface area contributed by atoms with Crippen LogP contribution in [-0.2, 0) is 9.53 Å². The summed E-state index contributed by atoms with van der Waals surface area (Å²) in [5.74, 6) is 1.41. The molecule has 0 heterocycles. The van der Waals surface area contributed by atoms with E-state index in [1.807, 2.05) is 0 Å². The van der Waals surface area contributed by atoms with Gasteiger partial charge in [-0.2, -0.15) is 0 Å². The SMILES string of the molecule is COc1cc(OC)c([C@@H](CC=O)NC(=O)OC(C)(C)C)c(OC)c1. The highest BCUT2D eigenvalue weighted by molar-refractivity contribution is 5.70. The molecular weight excluding hydrogens is 314 g/mol. The van der Waals surface area contributed by atoms with E-state index in [0.29, 0.717) is 29.1 Å². The van der Waals surface area contributed by atoms with E-state index in [4.69, 9.17) is 18.9 Å². The number of methoxy groups -OCH3 is 3. The summed E-state index contributed by atoms with van der Waals surface area (Å²) in [6, 6.07) is 2.66. The molecule has 0 spiro atoms. The van der Waals surface area contributed by atoms with Crippen LogP contribution in [0, 0.1) is 0 Å². The first-order chi connectivity index (χ1) is 11.3. The molecule has 1 atom stereocenters. The van der Waals surface area contributed by atoms with Gasteiger partial charge in [0, 0.05) is 18.6 Å². The quantitative estimate of drug-likeness (QED) is 0.769. The number of alkyl carbamates (subject to hydrolysis) is 1. The Balaban J connectivity index is 3.24. The molecule has 24 heavy (non-hydrogen) atoms. The molecule has 1 N–H and O–H groups in total. The highest BCUT2D eigenvalue weighted by Gasteiger charge is 2.26. The average molecular weight is 339 g/mol. The third-order valence-electron chi connectivity index (χ3n) is 3.12. The van der Waals surface area contributed by atoms with Crippen LogP contribution in [0.3, 0.4) is 0 Å². The molecular formula is C17H25NO6. The van der Waals surface area contributed by atoms with Gasteiger partial charge in [-0.3, -0.25) is 0 Å². The van der Waals surface area contributed by atoms with Gasteiger partial charge in [0.05, 0.1) is 32.9 Å². The van der Waals surface area contributed by atoms with E-state index < -0.39 is 17.7 Å². The van der Waals surface area contributed by atoms with Gasteiger partial charge in [0.25, 0.3) is 0 Å². The topological polar surface area (TPSA) is 83.1 Å². The number of benzene rings is 1. The maximum atomic E-state index is 12.1. The molecule has 0 unspecified atom stereocenters. The van der Waals surface area contributed by atoms with Crippen LogP contribution in [-0.4, -0.2) is 39.3 Å². The van der Waals surface area contributed by atoms with E-state index in [0.717, 1.165) is 0 Å². The van der Waals surface area contributed by atoms with Crippen molar-refractivity contribution < 1.29 is 28.5 Å². The lowest BCUT2D eigenvalue weighted by molar-refractivity contribution is -0.108. The van der Waals surface area contributed by atoms with Crippen molar-refractivity contribution in [3.63, 3.8) is 0 Å². The Hall–Kier alpha value is -2.44. The molecule has 134 valence electrons. The van der Waals surface area contributed by atoms with E-state index in [1.54, 1.807) is 32.9 Å². The van der Waals surface area contributed by atoms with Gasteiger partial charge >= 0.3 is 6.09 Å². The van der Waals surface area contributed by atoms with E-state index in [9.17, 15) is 9.59 Å². The fourth-order valence-electron chi connectivity index (χ4n) is 2.17. The summed E-state index contributed by atoms with van der Waals surface area (Å²) in [6.45, 7) is 5.28. The van der Waals surface area contributed by atoms with Gasteiger partial charge in [-0.25, -0.2) is 4.79 Å². The molecule has 0 aromatic heterocycles. The van der Waals surface area contributed by atoms with Crippen molar-refractivity contribution in [2.24, 2.45) is 0 Å². The minimum Gasteiger partial charge on any atom is -0.496 e. The molecule has 1 aromatic carbocycles. The standard InChI is InChI=1S/C17H25NO6/c1-17(2,3)24-16(20)18-12(7-8-19)15-13(22-5)9-11(21-4)10-14(15)23-6/h8-10,12H,7H2,1-6H3,(H,18,20)/t12-/m1/s1. The minimum atomic E-state index is -0.659. The first-order valence-corrected chi connectivity index (χ1v) is 7.48. The molecule has 7 heteroatoms. The van der Waals surface area contributed by atoms with E-state index in [-0.39, 0.29) is 6.42 Å². The number of hydrogen-bond donors (Lipinski definition) is 1. The summed E-state index contributed by atoms with van der Waals surface area (Å²) >= 11 is 0. The summed E-state index contributed by atoms with van der Waals surface area (Å²) in [5, 5.41) is 2.68. The van der Waals surface area contributed by atoms with Gasteiger partial charge in [0.2, 0.25) is 0 Å². The number of carbonyl (C=O) groups excluding carboxylic acids is 2. The minimum absolute atomic E-state index is 0.0400. The third kappa shape index (κ3) is 5.33. The second-order valence-electron chi connectivity index (χ2n) is 6.05. The maximum Gasteiger partial charge on any atom is 0.408 e. The average Bonchev–Trinajstić information content (AvgIpc) is 2.51. The molecule has 0 fully saturated rings. The second-order valence-corrected chi connectivity index (χ2v) is 6.05. The van der Waals surface area contributed by atoms with Crippen molar-refractivity contribution in [2.45, 2.75) is 38.8 Å². The normalized spacial score (nSPS) is 12.1. The first kappa shape index (κ1) is 19.6. The summed E-state index contributed by atoms with van der Waals surface area (Å²) < 4.78 is 21.2. The van der Waals surface area contributed by atoms with Crippen molar-refractivity contribution in [3.8, 4) is 17.2 Å². The van der Waals surface area contributed by atoms with Crippen LogP contribution in [0.1, 0.15) is 38.8 Å². The number of rotatable bonds is 7. The van der Waals surface area contributed by atoms with Crippen LogP contribution in [0.25, 0.3) is 0 Å². The molecule has 7 nitrogen and oxygen atoms in total. The van der Waals surface area contributed by atoms with Gasteiger partial charge < -0.3 is 29.1 Å². The molecule has 0 saturated heterocycles. The van der Waals surface area contributed by atoms with Crippen LogP contribution < -0.4 is 19.5 Å².